The molecule has 11 heavy (non-hydrogen) atoms. The minimum absolute atomic E-state index is 0.665. The molecular weight excluding hydrogens is 140 g/mol. The lowest BCUT2D eigenvalue weighted by Gasteiger charge is -2.16. The van der Waals surface area contributed by atoms with Crippen molar-refractivity contribution in [3.8, 4) is 5.75 Å². The molecule has 58 valence electrons. The smallest absolute Gasteiger partial charge is 0.168 e. The van der Waals surface area contributed by atoms with Crippen molar-refractivity contribution in [1.82, 2.24) is 0 Å². The molecule has 0 bridgehead atoms. The average molecular weight is 150 g/mol. The third kappa shape index (κ3) is 1.10. The van der Waals surface area contributed by atoms with Gasteiger partial charge in [-0.15, -0.1) is 0 Å². The molecule has 0 radical (unpaired) electrons. The van der Waals surface area contributed by atoms with Gasteiger partial charge in [0.2, 0.25) is 0 Å². The Labute approximate surface area is 65.7 Å². The molecule has 0 saturated carbocycles. The second-order valence-corrected chi connectivity index (χ2v) is 2.71. The second-order valence-electron chi connectivity index (χ2n) is 2.71. The van der Waals surface area contributed by atoms with Gasteiger partial charge < -0.3 is 4.89 Å². The van der Waals surface area contributed by atoms with Gasteiger partial charge >= 0.3 is 0 Å². The molecule has 1 aromatic rings. The van der Waals surface area contributed by atoms with Crippen LogP contribution >= 0.6 is 0 Å². The van der Waals surface area contributed by atoms with E-state index in [2.05, 4.69) is 13.0 Å². The standard InChI is InChI=1S/C9H10O2/c1-7-3-2-4-9-8(7)5-6-10-11-9/h2-4H,5-6H2,1H3. The second kappa shape index (κ2) is 2.55. The first-order valence-corrected chi connectivity index (χ1v) is 3.76. The molecule has 2 rings (SSSR count). The largest absolute Gasteiger partial charge is 0.337 e. The number of hydrogen-bond donors (Lipinski definition) is 0. The summed E-state index contributed by atoms with van der Waals surface area (Å²) in [6.45, 7) is 2.76. The van der Waals surface area contributed by atoms with Crippen LogP contribution in [0.5, 0.6) is 5.75 Å². The molecule has 0 amide bonds. The zero-order chi connectivity index (χ0) is 7.68. The summed E-state index contributed by atoms with van der Waals surface area (Å²) in [6.07, 6.45) is 0.960. The van der Waals surface area contributed by atoms with E-state index in [0.717, 1.165) is 12.2 Å². The van der Waals surface area contributed by atoms with E-state index < -0.39 is 0 Å². The topological polar surface area (TPSA) is 18.5 Å². The lowest BCUT2D eigenvalue weighted by molar-refractivity contribution is -0.215. The highest BCUT2D eigenvalue weighted by molar-refractivity contribution is 5.39. The van der Waals surface area contributed by atoms with E-state index in [1.807, 2.05) is 12.1 Å². The van der Waals surface area contributed by atoms with E-state index in [9.17, 15) is 0 Å². The normalized spacial score (nSPS) is 15.4. The SMILES string of the molecule is Cc1cccc2c1CCOO2. The van der Waals surface area contributed by atoms with Crippen molar-refractivity contribution in [3.63, 3.8) is 0 Å². The molecule has 0 spiro atoms. The molecule has 0 aliphatic carbocycles. The van der Waals surface area contributed by atoms with Crippen LogP contribution in [0.15, 0.2) is 18.2 Å². The van der Waals surface area contributed by atoms with E-state index in [4.69, 9.17) is 9.78 Å². The predicted molar refractivity (Wildman–Crippen MR) is 41.5 cm³/mol. The number of hydrogen-bond acceptors (Lipinski definition) is 2. The summed E-state index contributed by atoms with van der Waals surface area (Å²) in [5.74, 6) is 0.872. The average Bonchev–Trinajstić information content (AvgIpc) is 2.06. The van der Waals surface area contributed by atoms with Gasteiger partial charge in [-0.1, -0.05) is 12.1 Å². The molecule has 0 saturated heterocycles. The number of benzene rings is 1. The van der Waals surface area contributed by atoms with E-state index in [1.54, 1.807) is 0 Å². The molecule has 0 atom stereocenters. The van der Waals surface area contributed by atoms with Crippen molar-refractivity contribution >= 4 is 0 Å². The molecule has 2 heteroatoms. The maximum absolute atomic E-state index is 5.00. The van der Waals surface area contributed by atoms with Gasteiger partial charge in [-0.05, 0) is 18.6 Å². The zero-order valence-electron chi connectivity index (χ0n) is 6.46. The minimum Gasteiger partial charge on any atom is -0.337 e. The van der Waals surface area contributed by atoms with Gasteiger partial charge in [0.25, 0.3) is 0 Å². The highest BCUT2D eigenvalue weighted by Gasteiger charge is 2.12. The summed E-state index contributed by atoms with van der Waals surface area (Å²) < 4.78 is 0. The van der Waals surface area contributed by atoms with Gasteiger partial charge in [-0.25, -0.2) is 0 Å². The summed E-state index contributed by atoms with van der Waals surface area (Å²) in [6, 6.07) is 6.00. The van der Waals surface area contributed by atoms with Crippen LogP contribution in [0, 0.1) is 6.92 Å². The fourth-order valence-electron chi connectivity index (χ4n) is 1.32. The predicted octanol–water partition coefficient (Wildman–Crippen LogP) is 1.86. The summed E-state index contributed by atoms with van der Waals surface area (Å²) >= 11 is 0. The van der Waals surface area contributed by atoms with Crippen LogP contribution in [0.1, 0.15) is 11.1 Å². The van der Waals surface area contributed by atoms with E-state index in [0.29, 0.717) is 6.61 Å². The molecule has 0 fully saturated rings. The van der Waals surface area contributed by atoms with Gasteiger partial charge in [0.15, 0.2) is 5.75 Å². The Morgan fingerprint density at radius 2 is 2.27 bits per heavy atom. The molecule has 1 aromatic carbocycles. The summed E-state index contributed by atoms with van der Waals surface area (Å²) in [5.41, 5.74) is 2.56. The van der Waals surface area contributed by atoms with Crippen molar-refractivity contribution in [2.75, 3.05) is 6.61 Å². The van der Waals surface area contributed by atoms with Crippen molar-refractivity contribution < 1.29 is 9.78 Å². The Hall–Kier alpha value is -1.02. The number of rotatable bonds is 0. The van der Waals surface area contributed by atoms with Crippen molar-refractivity contribution in [2.45, 2.75) is 13.3 Å². The molecular formula is C9H10O2. The fourth-order valence-corrected chi connectivity index (χ4v) is 1.32. The Kier molecular flexibility index (Phi) is 1.55. The van der Waals surface area contributed by atoms with Crippen LogP contribution in [0.2, 0.25) is 0 Å². The van der Waals surface area contributed by atoms with E-state index in [1.165, 1.54) is 11.1 Å². The van der Waals surface area contributed by atoms with Gasteiger partial charge in [-0.2, -0.15) is 4.89 Å². The van der Waals surface area contributed by atoms with Gasteiger partial charge in [-0.3, -0.25) is 0 Å². The van der Waals surface area contributed by atoms with Crippen LogP contribution < -0.4 is 4.89 Å². The Bertz CT molecular complexity index is 268. The van der Waals surface area contributed by atoms with E-state index in [-0.39, 0.29) is 0 Å². The lowest BCUT2D eigenvalue weighted by atomic mass is 10.0. The Balaban J connectivity index is 2.49. The Morgan fingerprint density at radius 1 is 1.36 bits per heavy atom. The molecule has 0 aromatic heterocycles. The maximum Gasteiger partial charge on any atom is 0.168 e. The molecule has 0 N–H and O–H groups in total. The zero-order valence-corrected chi connectivity index (χ0v) is 6.46. The van der Waals surface area contributed by atoms with Crippen molar-refractivity contribution in [3.05, 3.63) is 29.3 Å². The van der Waals surface area contributed by atoms with Crippen LogP contribution in [0.3, 0.4) is 0 Å². The molecule has 1 aliphatic rings. The number of aryl methyl sites for hydroxylation is 1. The quantitative estimate of drug-likeness (QED) is 0.525. The van der Waals surface area contributed by atoms with Crippen LogP contribution in [0.25, 0.3) is 0 Å². The van der Waals surface area contributed by atoms with Gasteiger partial charge in [0.1, 0.15) is 0 Å². The third-order valence-corrected chi connectivity index (χ3v) is 1.95. The fraction of sp³-hybridized carbons (Fsp3) is 0.333. The molecule has 0 unspecified atom stereocenters. The first-order valence-electron chi connectivity index (χ1n) is 3.76. The third-order valence-electron chi connectivity index (χ3n) is 1.95. The van der Waals surface area contributed by atoms with Crippen LogP contribution in [0.4, 0.5) is 0 Å². The summed E-state index contributed by atoms with van der Waals surface area (Å²) in [4.78, 5) is 9.86. The highest BCUT2D eigenvalue weighted by atomic mass is 17.2. The van der Waals surface area contributed by atoms with Gasteiger partial charge in [0.05, 0.1) is 6.61 Å². The van der Waals surface area contributed by atoms with Crippen molar-refractivity contribution in [1.29, 1.82) is 0 Å². The molecule has 1 aliphatic heterocycles. The van der Waals surface area contributed by atoms with Gasteiger partial charge in [0, 0.05) is 12.0 Å². The first kappa shape index (κ1) is 6.68. The monoisotopic (exact) mass is 150 g/mol. The summed E-state index contributed by atoms with van der Waals surface area (Å²) in [7, 11) is 0. The van der Waals surface area contributed by atoms with E-state index >= 15 is 0 Å². The number of fused-ring (bicyclic) bond motifs is 1. The minimum atomic E-state index is 0.665. The molecule has 1 heterocycles. The highest BCUT2D eigenvalue weighted by Crippen LogP contribution is 2.25. The van der Waals surface area contributed by atoms with Crippen molar-refractivity contribution in [2.24, 2.45) is 0 Å². The molecule has 2 nitrogen and oxygen atoms in total. The summed E-state index contributed by atoms with van der Waals surface area (Å²) in [5, 5.41) is 0. The van der Waals surface area contributed by atoms with Crippen LogP contribution in [-0.4, -0.2) is 6.61 Å². The first-order chi connectivity index (χ1) is 5.38. The maximum atomic E-state index is 5.00. The van der Waals surface area contributed by atoms with Crippen LogP contribution in [-0.2, 0) is 11.3 Å². The lowest BCUT2D eigenvalue weighted by Crippen LogP contribution is -2.11. The Morgan fingerprint density at radius 3 is 3.09 bits per heavy atom.